The minimum atomic E-state index is -0.804. The first-order valence-corrected chi connectivity index (χ1v) is 7.29. The highest BCUT2D eigenvalue weighted by Crippen LogP contribution is 2.23. The summed E-state index contributed by atoms with van der Waals surface area (Å²) in [6, 6.07) is 1.34. The number of thioether (sulfide) groups is 1. The first-order valence-electron chi connectivity index (χ1n) is 6.24. The third-order valence-corrected chi connectivity index (χ3v) is 3.86. The highest BCUT2D eigenvalue weighted by atomic mass is 35.5. The molecule has 2 atom stereocenters. The van der Waals surface area contributed by atoms with Gasteiger partial charge in [-0.3, -0.25) is 4.79 Å². The SMILES string of the molecule is Cl.N#C[C@H]1SCCN1C(=O)[C@@H](N)CCCN=C(N)N[N+](=O)[O-]. The van der Waals surface area contributed by atoms with E-state index in [2.05, 4.69) is 11.1 Å². The maximum absolute atomic E-state index is 12.1. The molecule has 0 unspecified atom stereocenters. The molecule has 1 fully saturated rings. The van der Waals surface area contributed by atoms with Crippen LogP contribution < -0.4 is 16.9 Å². The maximum atomic E-state index is 12.1. The van der Waals surface area contributed by atoms with Gasteiger partial charge in [0.15, 0.2) is 10.4 Å². The van der Waals surface area contributed by atoms with Crippen molar-refractivity contribution in [3.8, 4) is 6.07 Å². The van der Waals surface area contributed by atoms with Gasteiger partial charge in [0.05, 0.1) is 12.1 Å². The Morgan fingerprint density at radius 3 is 2.95 bits per heavy atom. The number of amides is 1. The average molecular weight is 352 g/mol. The molecule has 22 heavy (non-hydrogen) atoms. The lowest BCUT2D eigenvalue weighted by Crippen LogP contribution is -2.45. The fraction of sp³-hybridized carbons (Fsp3) is 0.700. The lowest BCUT2D eigenvalue weighted by Gasteiger charge is -2.22. The number of nitrogens with zero attached hydrogens (tertiary/aromatic N) is 4. The van der Waals surface area contributed by atoms with Gasteiger partial charge in [0.1, 0.15) is 0 Å². The number of nitro groups is 1. The Balaban J connectivity index is 0.00000441. The lowest BCUT2D eigenvalue weighted by molar-refractivity contribution is -0.525. The van der Waals surface area contributed by atoms with Crippen LogP contribution in [0.5, 0.6) is 0 Å². The summed E-state index contributed by atoms with van der Waals surface area (Å²) in [5.74, 6) is 0.177. The van der Waals surface area contributed by atoms with Crippen LogP contribution >= 0.6 is 24.2 Å². The monoisotopic (exact) mass is 351 g/mol. The standard InChI is InChI=1S/C10H17N7O3S.ClH/c11-6-8-16(4-5-21-8)9(18)7(12)2-1-3-14-10(13)15-17(19)20;/h7-8H,1-5,12H2,(H3,13,14,15);1H/t7-,8+;/m0./s1. The van der Waals surface area contributed by atoms with E-state index in [1.807, 2.05) is 0 Å². The lowest BCUT2D eigenvalue weighted by atomic mass is 10.1. The van der Waals surface area contributed by atoms with Crippen LogP contribution in [0.1, 0.15) is 12.8 Å². The van der Waals surface area contributed by atoms with Crippen LogP contribution in [-0.2, 0) is 4.79 Å². The molecule has 0 aromatic carbocycles. The molecule has 5 N–H and O–H groups in total. The fourth-order valence-corrected chi connectivity index (χ4v) is 2.77. The second kappa shape index (κ2) is 10.0. The molecule has 0 aromatic rings. The van der Waals surface area contributed by atoms with Crippen molar-refractivity contribution in [1.29, 1.82) is 5.26 Å². The summed E-state index contributed by atoms with van der Waals surface area (Å²) in [7, 11) is 0. The third kappa shape index (κ3) is 6.33. The number of carbonyl (C=O) groups excluding carboxylic acids is 1. The number of halogens is 1. The Hall–Kier alpha value is -1.77. The highest BCUT2D eigenvalue weighted by Gasteiger charge is 2.31. The molecule has 1 aliphatic heterocycles. The Labute approximate surface area is 137 Å². The number of hydrogen-bond donors (Lipinski definition) is 3. The number of nitriles is 1. The quantitative estimate of drug-likeness (QED) is 0.181. The zero-order valence-corrected chi connectivity index (χ0v) is 13.3. The molecule has 10 nitrogen and oxygen atoms in total. The number of nitrogens with one attached hydrogen (secondary N) is 1. The number of hydrazine groups is 1. The van der Waals surface area contributed by atoms with Crippen LogP contribution in [0.15, 0.2) is 4.99 Å². The maximum Gasteiger partial charge on any atom is 0.251 e. The normalized spacial score (nSPS) is 19.0. The van der Waals surface area contributed by atoms with Gasteiger partial charge in [0.25, 0.3) is 5.96 Å². The van der Waals surface area contributed by atoms with E-state index in [9.17, 15) is 14.9 Å². The molecule has 0 aromatic heterocycles. The van der Waals surface area contributed by atoms with Crippen molar-refractivity contribution < 1.29 is 9.83 Å². The summed E-state index contributed by atoms with van der Waals surface area (Å²) >= 11 is 1.41. The van der Waals surface area contributed by atoms with Crippen molar-refractivity contribution in [3.63, 3.8) is 0 Å². The van der Waals surface area contributed by atoms with Gasteiger partial charge in [0.2, 0.25) is 5.91 Å². The second-order valence-corrected chi connectivity index (χ2v) is 5.46. The van der Waals surface area contributed by atoms with Gasteiger partial charge in [-0.1, -0.05) is 5.43 Å². The van der Waals surface area contributed by atoms with Gasteiger partial charge < -0.3 is 16.4 Å². The van der Waals surface area contributed by atoms with Crippen LogP contribution in [-0.4, -0.2) is 52.1 Å². The van der Waals surface area contributed by atoms with E-state index in [0.717, 1.165) is 5.75 Å². The molecule has 0 saturated carbocycles. The summed E-state index contributed by atoms with van der Waals surface area (Å²) in [5, 5.41) is 17.7. The fourth-order valence-electron chi connectivity index (χ4n) is 1.78. The summed E-state index contributed by atoms with van der Waals surface area (Å²) < 4.78 is 0. The molecule has 1 rings (SSSR count). The Kier molecular flexibility index (Phi) is 9.23. The molecule has 0 bridgehead atoms. The zero-order valence-electron chi connectivity index (χ0n) is 11.7. The predicted octanol–water partition coefficient (Wildman–Crippen LogP) is -0.963. The smallest absolute Gasteiger partial charge is 0.251 e. The van der Waals surface area contributed by atoms with E-state index in [1.54, 1.807) is 5.43 Å². The van der Waals surface area contributed by atoms with Gasteiger partial charge in [0, 0.05) is 18.8 Å². The number of nitrogens with two attached hydrogens (primary N) is 2. The highest BCUT2D eigenvalue weighted by molar-refractivity contribution is 8.00. The Morgan fingerprint density at radius 1 is 1.68 bits per heavy atom. The van der Waals surface area contributed by atoms with E-state index in [1.165, 1.54) is 16.7 Å². The van der Waals surface area contributed by atoms with Crippen LogP contribution in [0, 0.1) is 21.4 Å². The summed E-state index contributed by atoms with van der Waals surface area (Å²) in [6.45, 7) is 0.747. The van der Waals surface area contributed by atoms with Gasteiger partial charge >= 0.3 is 0 Å². The third-order valence-electron chi connectivity index (χ3n) is 2.76. The van der Waals surface area contributed by atoms with Crippen molar-refractivity contribution >= 4 is 36.0 Å². The first-order chi connectivity index (χ1) is 9.95. The summed E-state index contributed by atoms with van der Waals surface area (Å²) in [4.78, 5) is 27.3. The van der Waals surface area contributed by atoms with E-state index >= 15 is 0 Å². The number of rotatable bonds is 6. The molecular weight excluding hydrogens is 334 g/mol. The van der Waals surface area contributed by atoms with Crippen molar-refractivity contribution in [2.75, 3.05) is 18.8 Å². The number of hydrogen-bond acceptors (Lipinski definition) is 7. The van der Waals surface area contributed by atoms with E-state index in [0.29, 0.717) is 19.4 Å². The topological polar surface area (TPSA) is 164 Å². The number of aliphatic imine (C=N–C) groups is 1. The van der Waals surface area contributed by atoms with E-state index in [4.69, 9.17) is 16.7 Å². The Morgan fingerprint density at radius 2 is 2.36 bits per heavy atom. The number of guanidine groups is 1. The minimum Gasteiger partial charge on any atom is -0.365 e. The molecule has 0 radical (unpaired) electrons. The largest absolute Gasteiger partial charge is 0.365 e. The molecular formula is C10H18ClN7O3S. The van der Waals surface area contributed by atoms with Gasteiger partial charge in [-0.15, -0.1) is 24.2 Å². The average Bonchev–Trinajstić information content (AvgIpc) is 2.90. The van der Waals surface area contributed by atoms with Crippen LogP contribution in [0.4, 0.5) is 0 Å². The van der Waals surface area contributed by atoms with Crippen LogP contribution in [0.25, 0.3) is 0 Å². The molecule has 1 amide bonds. The van der Waals surface area contributed by atoms with Crippen LogP contribution in [0.3, 0.4) is 0 Å². The summed E-state index contributed by atoms with van der Waals surface area (Å²) in [5.41, 5.74) is 12.8. The Bertz CT molecular complexity index is 470. The molecule has 0 aliphatic carbocycles. The molecule has 1 aliphatic rings. The second-order valence-electron chi connectivity index (χ2n) is 4.27. The summed E-state index contributed by atoms with van der Waals surface area (Å²) in [6.07, 6.45) is 0.832. The first kappa shape index (κ1) is 20.2. The van der Waals surface area contributed by atoms with Crippen LogP contribution in [0.2, 0.25) is 0 Å². The predicted molar refractivity (Wildman–Crippen MR) is 84.6 cm³/mol. The zero-order chi connectivity index (χ0) is 15.8. The molecule has 1 heterocycles. The van der Waals surface area contributed by atoms with Gasteiger partial charge in [-0.2, -0.15) is 5.26 Å². The molecule has 124 valence electrons. The van der Waals surface area contributed by atoms with E-state index < -0.39 is 16.4 Å². The molecule has 12 heteroatoms. The van der Waals surface area contributed by atoms with Crippen molar-refractivity contribution in [1.82, 2.24) is 10.3 Å². The van der Waals surface area contributed by atoms with E-state index in [-0.39, 0.29) is 30.8 Å². The van der Waals surface area contributed by atoms with Crippen molar-refractivity contribution in [2.45, 2.75) is 24.3 Å². The van der Waals surface area contributed by atoms with Crippen molar-refractivity contribution in [3.05, 3.63) is 10.1 Å². The van der Waals surface area contributed by atoms with Crippen molar-refractivity contribution in [2.24, 2.45) is 16.5 Å². The molecule has 0 spiro atoms. The number of carbonyl (C=O) groups is 1. The van der Waals surface area contributed by atoms with Gasteiger partial charge in [-0.25, -0.2) is 15.1 Å². The van der Waals surface area contributed by atoms with Gasteiger partial charge in [-0.05, 0) is 12.8 Å². The minimum absolute atomic E-state index is 0. The molecule has 1 saturated heterocycles.